The molecule has 3 unspecified atom stereocenters. The minimum atomic E-state index is -0.761. The Bertz CT molecular complexity index is 1410. The van der Waals surface area contributed by atoms with Gasteiger partial charge in [-0.3, -0.25) is 0 Å². The SMILES string of the molecule is Cl.Cl.NC(C=O)C(Nc1cccc(N[C@H](c2c[nH]c3ccccc23)C(N)C=O)c1)c1c[nH]c2ccccc12. The second-order valence-electron chi connectivity index (χ2n) is 8.83. The quantitative estimate of drug-likeness (QED) is 0.137. The Balaban J connectivity index is 0.00000200. The molecule has 4 atom stereocenters. The molecular formula is C28H30Cl2N6O2. The van der Waals surface area contributed by atoms with Crippen LogP contribution >= 0.6 is 24.8 Å². The van der Waals surface area contributed by atoms with Crippen molar-refractivity contribution in [3.05, 3.63) is 96.3 Å². The first-order valence-electron chi connectivity index (χ1n) is 11.8. The molecule has 10 heteroatoms. The first-order chi connectivity index (χ1) is 17.6. The molecule has 0 amide bonds. The predicted molar refractivity (Wildman–Crippen MR) is 158 cm³/mol. The Morgan fingerprint density at radius 1 is 0.632 bits per heavy atom. The van der Waals surface area contributed by atoms with Crippen LogP contribution in [0, 0.1) is 0 Å². The summed E-state index contributed by atoms with van der Waals surface area (Å²) in [5, 5.41) is 8.84. The Kier molecular flexibility index (Phi) is 9.55. The number of aldehydes is 2. The number of hydrogen-bond acceptors (Lipinski definition) is 6. The number of aromatic amines is 2. The maximum Gasteiger partial charge on any atom is 0.139 e. The van der Waals surface area contributed by atoms with E-state index >= 15 is 0 Å². The Hall–Kier alpha value is -3.82. The van der Waals surface area contributed by atoms with Crippen LogP contribution in [-0.2, 0) is 9.59 Å². The largest absolute Gasteiger partial charge is 0.376 e. The van der Waals surface area contributed by atoms with Gasteiger partial charge in [-0.1, -0.05) is 42.5 Å². The summed E-state index contributed by atoms with van der Waals surface area (Å²) in [6.45, 7) is 0. The summed E-state index contributed by atoms with van der Waals surface area (Å²) in [5.74, 6) is 0. The lowest BCUT2D eigenvalue weighted by molar-refractivity contribution is -0.109. The van der Waals surface area contributed by atoms with Crippen LogP contribution in [0.1, 0.15) is 23.2 Å². The number of rotatable bonds is 10. The molecule has 5 rings (SSSR count). The molecule has 0 bridgehead atoms. The number of hydrogen-bond donors (Lipinski definition) is 6. The zero-order chi connectivity index (χ0) is 25.1. The molecule has 5 aromatic rings. The number of nitrogens with one attached hydrogen (secondary N) is 4. The van der Waals surface area contributed by atoms with Gasteiger partial charge in [-0.05, 0) is 30.3 Å². The first kappa shape index (κ1) is 28.7. The molecule has 0 saturated heterocycles. The van der Waals surface area contributed by atoms with Gasteiger partial charge >= 0.3 is 0 Å². The van der Waals surface area contributed by atoms with Gasteiger partial charge in [0.15, 0.2) is 0 Å². The lowest BCUT2D eigenvalue weighted by Gasteiger charge is -2.25. The second-order valence-corrected chi connectivity index (χ2v) is 8.83. The summed E-state index contributed by atoms with van der Waals surface area (Å²) in [6.07, 6.45) is 5.25. The average molecular weight is 553 g/mol. The lowest BCUT2D eigenvalue weighted by Crippen LogP contribution is -2.35. The molecule has 0 aliphatic heterocycles. The number of halogens is 2. The van der Waals surface area contributed by atoms with Crippen LogP contribution < -0.4 is 22.1 Å². The Morgan fingerprint density at radius 3 is 1.47 bits per heavy atom. The van der Waals surface area contributed by atoms with Crippen LogP contribution in [0.5, 0.6) is 0 Å². The summed E-state index contributed by atoms with van der Waals surface area (Å²) < 4.78 is 0. The maximum absolute atomic E-state index is 11.7. The van der Waals surface area contributed by atoms with Gasteiger partial charge < -0.3 is 41.7 Å². The fourth-order valence-corrected chi connectivity index (χ4v) is 4.68. The highest BCUT2D eigenvalue weighted by atomic mass is 35.5. The number of anilines is 2. The minimum absolute atomic E-state index is 0. The number of fused-ring (bicyclic) bond motifs is 2. The number of aromatic nitrogens is 2. The van der Waals surface area contributed by atoms with Crippen LogP contribution in [-0.4, -0.2) is 34.6 Å². The van der Waals surface area contributed by atoms with E-state index in [1.807, 2.05) is 85.2 Å². The molecule has 2 aromatic heterocycles. The van der Waals surface area contributed by atoms with Gasteiger partial charge in [0, 0.05) is 56.7 Å². The summed E-state index contributed by atoms with van der Waals surface area (Å²) in [6, 6.07) is 21.0. The van der Waals surface area contributed by atoms with E-state index in [1.165, 1.54) is 0 Å². The van der Waals surface area contributed by atoms with Crippen molar-refractivity contribution in [3.8, 4) is 0 Å². The number of benzene rings is 3. The van der Waals surface area contributed by atoms with Crippen molar-refractivity contribution in [1.29, 1.82) is 0 Å². The van der Waals surface area contributed by atoms with E-state index in [9.17, 15) is 9.59 Å². The first-order valence-corrected chi connectivity index (χ1v) is 11.8. The number of nitrogens with two attached hydrogens (primary N) is 2. The average Bonchev–Trinajstić information content (AvgIpc) is 3.54. The summed E-state index contributed by atoms with van der Waals surface area (Å²) >= 11 is 0. The van der Waals surface area contributed by atoms with E-state index in [-0.39, 0.29) is 24.8 Å². The monoisotopic (exact) mass is 552 g/mol. The third-order valence-electron chi connectivity index (χ3n) is 6.50. The van der Waals surface area contributed by atoms with Crippen molar-refractivity contribution in [2.75, 3.05) is 10.6 Å². The third-order valence-corrected chi connectivity index (χ3v) is 6.50. The second kappa shape index (κ2) is 12.6. The fourth-order valence-electron chi connectivity index (χ4n) is 4.68. The number of carbonyl (C=O) groups excluding carboxylic acids is 2. The predicted octanol–water partition coefficient (Wildman–Crippen LogP) is 4.85. The van der Waals surface area contributed by atoms with Crippen molar-refractivity contribution < 1.29 is 9.59 Å². The summed E-state index contributed by atoms with van der Waals surface area (Å²) in [5.41, 5.74) is 17.7. The molecule has 0 spiro atoms. The highest BCUT2D eigenvalue weighted by Crippen LogP contribution is 2.32. The molecule has 3 aromatic carbocycles. The van der Waals surface area contributed by atoms with Crippen molar-refractivity contribution in [2.24, 2.45) is 11.5 Å². The van der Waals surface area contributed by atoms with E-state index in [0.717, 1.165) is 56.9 Å². The van der Waals surface area contributed by atoms with E-state index in [0.29, 0.717) is 0 Å². The van der Waals surface area contributed by atoms with Crippen molar-refractivity contribution in [1.82, 2.24) is 9.97 Å². The smallest absolute Gasteiger partial charge is 0.139 e. The molecule has 38 heavy (non-hydrogen) atoms. The van der Waals surface area contributed by atoms with Crippen molar-refractivity contribution in [3.63, 3.8) is 0 Å². The fraction of sp³-hybridized carbons (Fsp3) is 0.143. The molecule has 198 valence electrons. The van der Waals surface area contributed by atoms with Crippen molar-refractivity contribution in [2.45, 2.75) is 24.2 Å². The molecular weight excluding hydrogens is 523 g/mol. The molecule has 2 heterocycles. The molecule has 0 radical (unpaired) electrons. The molecule has 0 aliphatic rings. The minimum Gasteiger partial charge on any atom is -0.376 e. The maximum atomic E-state index is 11.7. The van der Waals surface area contributed by atoms with Gasteiger partial charge in [0.2, 0.25) is 0 Å². The van der Waals surface area contributed by atoms with Crippen molar-refractivity contribution >= 4 is 70.6 Å². The zero-order valence-electron chi connectivity index (χ0n) is 20.3. The molecule has 8 N–H and O–H groups in total. The van der Waals surface area contributed by atoms with Gasteiger partial charge in [0.05, 0.1) is 24.2 Å². The van der Waals surface area contributed by atoms with Gasteiger partial charge in [-0.25, -0.2) is 0 Å². The van der Waals surface area contributed by atoms with Crippen LogP contribution in [0.2, 0.25) is 0 Å². The topological polar surface area (TPSA) is 142 Å². The van der Waals surface area contributed by atoms with E-state index < -0.39 is 24.2 Å². The number of carbonyl (C=O) groups is 2. The normalized spacial score (nSPS) is 13.9. The molecule has 0 fully saturated rings. The highest BCUT2D eigenvalue weighted by molar-refractivity contribution is 5.86. The van der Waals surface area contributed by atoms with Gasteiger partial charge in [0.1, 0.15) is 12.6 Å². The molecule has 0 saturated carbocycles. The molecule has 8 nitrogen and oxygen atoms in total. The van der Waals surface area contributed by atoms with Crippen LogP contribution in [0.15, 0.2) is 85.2 Å². The molecule has 0 aliphatic carbocycles. The lowest BCUT2D eigenvalue weighted by atomic mass is 9.99. The number of H-pyrrole nitrogens is 2. The van der Waals surface area contributed by atoms with Gasteiger partial charge in [-0.2, -0.15) is 0 Å². The third kappa shape index (κ3) is 5.69. The zero-order valence-corrected chi connectivity index (χ0v) is 22.0. The van der Waals surface area contributed by atoms with E-state index in [1.54, 1.807) is 0 Å². The number of para-hydroxylation sites is 2. The van der Waals surface area contributed by atoms with Gasteiger partial charge in [0.25, 0.3) is 0 Å². The van der Waals surface area contributed by atoms with E-state index in [2.05, 4.69) is 20.6 Å². The Labute approximate surface area is 232 Å². The summed E-state index contributed by atoms with van der Waals surface area (Å²) in [4.78, 5) is 29.9. The van der Waals surface area contributed by atoms with E-state index in [4.69, 9.17) is 11.5 Å². The Morgan fingerprint density at radius 2 is 1.05 bits per heavy atom. The summed E-state index contributed by atoms with van der Waals surface area (Å²) in [7, 11) is 0. The van der Waals surface area contributed by atoms with Crippen LogP contribution in [0.25, 0.3) is 21.8 Å². The standard InChI is InChI=1S/C28H28N6O2.2ClH/c29-23(15-35)27(21-13-31-25-10-3-1-8-19(21)25)33-17-6-5-7-18(12-17)34-28(24(30)16-36)22-14-32-26-11-4-2-9-20(22)26;;/h1-16,23-24,27-28,31-34H,29-30H2;2*1H/t23?,24?,27-,28?;;/m1../s1. The highest BCUT2D eigenvalue weighted by Gasteiger charge is 2.24. The van der Waals surface area contributed by atoms with Crippen LogP contribution in [0.3, 0.4) is 0 Å². The van der Waals surface area contributed by atoms with Crippen LogP contribution in [0.4, 0.5) is 11.4 Å². The van der Waals surface area contributed by atoms with Gasteiger partial charge in [-0.15, -0.1) is 24.8 Å².